The summed E-state index contributed by atoms with van der Waals surface area (Å²) in [4.78, 5) is 16.3. The molecule has 0 saturated carbocycles. The van der Waals surface area contributed by atoms with E-state index in [1.165, 1.54) is 12.1 Å². The van der Waals surface area contributed by atoms with Crippen LogP contribution >= 0.6 is 0 Å². The Kier molecular flexibility index (Phi) is 7.07. The highest BCUT2D eigenvalue weighted by Crippen LogP contribution is 2.29. The summed E-state index contributed by atoms with van der Waals surface area (Å²) < 4.78 is 38.5. The number of halogens is 3. The van der Waals surface area contributed by atoms with Gasteiger partial charge < -0.3 is 5.32 Å². The number of alkyl halides is 3. The lowest BCUT2D eigenvalue weighted by Crippen LogP contribution is -2.54. The van der Waals surface area contributed by atoms with Crippen LogP contribution < -0.4 is 5.32 Å². The van der Waals surface area contributed by atoms with Crippen molar-refractivity contribution in [2.75, 3.05) is 32.7 Å². The van der Waals surface area contributed by atoms with Crippen molar-refractivity contribution >= 4 is 5.91 Å². The Morgan fingerprint density at radius 2 is 1.82 bits per heavy atom. The summed E-state index contributed by atoms with van der Waals surface area (Å²) >= 11 is 0. The van der Waals surface area contributed by atoms with E-state index in [0.717, 1.165) is 6.07 Å². The van der Waals surface area contributed by atoms with Crippen molar-refractivity contribution in [2.24, 2.45) is 5.92 Å². The van der Waals surface area contributed by atoms with Crippen molar-refractivity contribution in [1.29, 1.82) is 5.26 Å². The van der Waals surface area contributed by atoms with Gasteiger partial charge in [-0.25, -0.2) is 0 Å². The fourth-order valence-electron chi connectivity index (χ4n) is 3.04. The zero-order valence-corrected chi connectivity index (χ0v) is 16.5. The molecule has 1 fully saturated rings. The molecule has 1 atom stereocenters. The van der Waals surface area contributed by atoms with E-state index in [0.29, 0.717) is 38.3 Å². The van der Waals surface area contributed by atoms with Gasteiger partial charge in [0.1, 0.15) is 5.54 Å². The quantitative estimate of drug-likeness (QED) is 0.803. The Morgan fingerprint density at radius 3 is 2.36 bits per heavy atom. The van der Waals surface area contributed by atoms with Crippen LogP contribution in [0.3, 0.4) is 0 Å². The van der Waals surface area contributed by atoms with Crippen LogP contribution in [0.25, 0.3) is 0 Å². The second kappa shape index (κ2) is 8.93. The van der Waals surface area contributed by atoms with Crippen molar-refractivity contribution in [3.8, 4) is 6.07 Å². The second-order valence-corrected chi connectivity index (χ2v) is 7.77. The molecule has 0 bridgehead atoms. The van der Waals surface area contributed by atoms with E-state index in [4.69, 9.17) is 0 Å². The molecule has 154 valence electrons. The van der Waals surface area contributed by atoms with Crippen LogP contribution in [0, 0.1) is 17.2 Å². The molecule has 1 aliphatic rings. The summed E-state index contributed by atoms with van der Waals surface area (Å²) in [6.07, 6.45) is -4.34. The van der Waals surface area contributed by atoms with E-state index in [9.17, 15) is 23.2 Å². The normalized spacial score (nSPS) is 18.5. The SMILES string of the molecule is CC(C)C(C)(C#N)NC(=O)CN1CCN(Cc2cccc(C(F)(F)F)c2)CC1. The molecule has 1 saturated heterocycles. The summed E-state index contributed by atoms with van der Waals surface area (Å²) in [7, 11) is 0. The van der Waals surface area contributed by atoms with Crippen molar-refractivity contribution < 1.29 is 18.0 Å². The van der Waals surface area contributed by atoms with Crippen LogP contribution in [0.4, 0.5) is 13.2 Å². The maximum atomic E-state index is 12.8. The van der Waals surface area contributed by atoms with Crippen LogP contribution in [0.1, 0.15) is 31.9 Å². The number of hydrogen-bond acceptors (Lipinski definition) is 4. The number of nitrogens with one attached hydrogen (secondary N) is 1. The third-order valence-corrected chi connectivity index (χ3v) is 5.28. The molecule has 1 N–H and O–H groups in total. The number of hydrogen-bond donors (Lipinski definition) is 1. The predicted molar refractivity (Wildman–Crippen MR) is 100 cm³/mol. The highest BCUT2D eigenvalue weighted by molar-refractivity contribution is 5.79. The molecule has 5 nitrogen and oxygen atoms in total. The number of nitriles is 1. The summed E-state index contributed by atoms with van der Waals surface area (Å²) in [5, 5.41) is 12.1. The Hall–Kier alpha value is -2.11. The minimum absolute atomic E-state index is 0.00856. The summed E-state index contributed by atoms with van der Waals surface area (Å²) in [5.74, 6) is -0.199. The van der Waals surface area contributed by atoms with Gasteiger partial charge in [0.05, 0.1) is 18.2 Å². The van der Waals surface area contributed by atoms with Gasteiger partial charge in [-0.2, -0.15) is 18.4 Å². The third kappa shape index (κ3) is 5.94. The first kappa shape index (κ1) is 22.2. The molecule has 1 unspecified atom stereocenters. The van der Waals surface area contributed by atoms with Crippen LogP contribution in [-0.2, 0) is 17.5 Å². The standard InChI is InChI=1S/C20H27F3N4O/c1-15(2)19(3,14-24)25-18(28)13-27-9-7-26(8-10-27)12-16-5-4-6-17(11-16)20(21,22)23/h4-6,11,15H,7-10,12-13H2,1-3H3,(H,25,28). The van der Waals surface area contributed by atoms with Crippen molar-refractivity contribution in [3.05, 3.63) is 35.4 Å². The minimum Gasteiger partial charge on any atom is -0.337 e. The summed E-state index contributed by atoms with van der Waals surface area (Å²) in [6.45, 7) is 8.78. The van der Waals surface area contributed by atoms with E-state index in [1.54, 1.807) is 13.0 Å². The van der Waals surface area contributed by atoms with E-state index >= 15 is 0 Å². The molecule has 1 aromatic rings. The Bertz CT molecular complexity index is 721. The lowest BCUT2D eigenvalue weighted by molar-refractivity contribution is -0.137. The average molecular weight is 396 g/mol. The van der Waals surface area contributed by atoms with E-state index in [2.05, 4.69) is 16.3 Å². The molecule has 2 rings (SSSR count). The molecular weight excluding hydrogens is 369 g/mol. The van der Waals surface area contributed by atoms with Crippen molar-refractivity contribution in [1.82, 2.24) is 15.1 Å². The molecule has 0 radical (unpaired) electrons. The van der Waals surface area contributed by atoms with E-state index in [-0.39, 0.29) is 18.4 Å². The van der Waals surface area contributed by atoms with Gasteiger partial charge in [-0.05, 0) is 24.5 Å². The maximum absolute atomic E-state index is 12.8. The number of carbonyl (C=O) groups excluding carboxylic acids is 1. The number of amides is 1. The van der Waals surface area contributed by atoms with Gasteiger partial charge in [0, 0.05) is 32.7 Å². The minimum atomic E-state index is -4.34. The lowest BCUT2D eigenvalue weighted by Gasteiger charge is -2.35. The van der Waals surface area contributed by atoms with Crippen LogP contribution in [0.15, 0.2) is 24.3 Å². The topological polar surface area (TPSA) is 59.4 Å². The highest BCUT2D eigenvalue weighted by Gasteiger charge is 2.32. The zero-order chi connectivity index (χ0) is 20.9. The molecule has 1 amide bonds. The highest BCUT2D eigenvalue weighted by atomic mass is 19.4. The monoisotopic (exact) mass is 396 g/mol. The molecular formula is C20H27F3N4O. The lowest BCUT2D eigenvalue weighted by atomic mass is 9.90. The Morgan fingerprint density at radius 1 is 1.21 bits per heavy atom. The van der Waals surface area contributed by atoms with Crippen molar-refractivity contribution in [2.45, 2.75) is 39.0 Å². The number of carbonyl (C=O) groups is 1. The molecule has 0 aromatic heterocycles. The van der Waals surface area contributed by atoms with Gasteiger partial charge in [0.25, 0.3) is 0 Å². The number of rotatable bonds is 6. The summed E-state index contributed by atoms with van der Waals surface area (Å²) in [5.41, 5.74) is -0.906. The maximum Gasteiger partial charge on any atom is 0.416 e. The number of piperazine rings is 1. The first-order chi connectivity index (χ1) is 13.0. The third-order valence-electron chi connectivity index (χ3n) is 5.28. The molecule has 1 aromatic carbocycles. The number of benzene rings is 1. The molecule has 0 spiro atoms. The Balaban J connectivity index is 1.83. The first-order valence-corrected chi connectivity index (χ1v) is 9.36. The molecule has 8 heteroatoms. The molecule has 1 heterocycles. The fourth-order valence-corrected chi connectivity index (χ4v) is 3.04. The second-order valence-electron chi connectivity index (χ2n) is 7.77. The van der Waals surface area contributed by atoms with Gasteiger partial charge in [-0.15, -0.1) is 0 Å². The van der Waals surface area contributed by atoms with Gasteiger partial charge in [0.2, 0.25) is 5.91 Å². The first-order valence-electron chi connectivity index (χ1n) is 9.36. The average Bonchev–Trinajstić information content (AvgIpc) is 2.62. The molecule has 1 aliphatic heterocycles. The molecule has 28 heavy (non-hydrogen) atoms. The number of nitrogens with zero attached hydrogens (tertiary/aromatic N) is 3. The van der Waals surface area contributed by atoms with Crippen molar-refractivity contribution in [3.63, 3.8) is 0 Å². The zero-order valence-electron chi connectivity index (χ0n) is 16.5. The van der Waals surface area contributed by atoms with Crippen LogP contribution in [-0.4, -0.2) is 54.0 Å². The van der Waals surface area contributed by atoms with Crippen LogP contribution in [0.5, 0.6) is 0 Å². The van der Waals surface area contributed by atoms with Gasteiger partial charge in [0.15, 0.2) is 0 Å². The van der Waals surface area contributed by atoms with E-state index < -0.39 is 17.3 Å². The van der Waals surface area contributed by atoms with Crippen LogP contribution in [0.2, 0.25) is 0 Å². The molecule has 0 aliphatic carbocycles. The Labute approximate surface area is 164 Å². The summed E-state index contributed by atoms with van der Waals surface area (Å²) in [6, 6.07) is 7.55. The smallest absolute Gasteiger partial charge is 0.337 e. The van der Waals surface area contributed by atoms with Gasteiger partial charge in [-0.1, -0.05) is 32.0 Å². The van der Waals surface area contributed by atoms with Gasteiger partial charge >= 0.3 is 6.18 Å². The largest absolute Gasteiger partial charge is 0.416 e. The van der Waals surface area contributed by atoms with E-state index in [1.807, 2.05) is 18.7 Å². The predicted octanol–water partition coefficient (Wildman–Crippen LogP) is 2.88. The van der Waals surface area contributed by atoms with Gasteiger partial charge in [-0.3, -0.25) is 14.6 Å². The fraction of sp³-hybridized carbons (Fsp3) is 0.600.